The van der Waals surface area contributed by atoms with Crippen molar-refractivity contribution in [1.82, 2.24) is 0 Å². The summed E-state index contributed by atoms with van der Waals surface area (Å²) in [5.41, 5.74) is 9.80. The number of nitrogens with one attached hydrogen (secondary N) is 1. The fourth-order valence-corrected chi connectivity index (χ4v) is 3.65. The molecule has 1 atom stereocenters. The molecule has 0 bridgehead atoms. The van der Waals surface area contributed by atoms with Gasteiger partial charge in [-0.25, -0.2) is 0 Å². The summed E-state index contributed by atoms with van der Waals surface area (Å²) in [4.78, 5) is 13.8. The maximum atomic E-state index is 11.6. The molecule has 2 heterocycles. The predicted molar refractivity (Wildman–Crippen MR) is 86.1 cm³/mol. The lowest BCUT2D eigenvalue weighted by molar-refractivity contribution is -0.116. The third-order valence-corrected chi connectivity index (χ3v) is 4.77. The maximum absolute atomic E-state index is 11.6. The highest BCUT2D eigenvalue weighted by atomic mass is 79.9. The molecule has 3 N–H and O–H groups in total. The van der Waals surface area contributed by atoms with Gasteiger partial charge < -0.3 is 16.0 Å². The number of hydrogen-bond donors (Lipinski definition) is 2. The number of thiophene rings is 1. The second kappa shape index (κ2) is 5.20. The fraction of sp³-hybridized carbons (Fsp3) is 0.214. The molecule has 0 aliphatic carbocycles. The zero-order valence-corrected chi connectivity index (χ0v) is 13.3. The van der Waals surface area contributed by atoms with Crippen molar-refractivity contribution in [3.05, 3.63) is 44.6 Å². The predicted octanol–water partition coefficient (Wildman–Crippen LogP) is 3.10. The van der Waals surface area contributed by atoms with E-state index >= 15 is 0 Å². The number of fused-ring (bicyclic) bond motifs is 1. The van der Waals surface area contributed by atoms with Gasteiger partial charge in [-0.05, 0) is 50.5 Å². The van der Waals surface area contributed by atoms with Gasteiger partial charge in [-0.1, -0.05) is 0 Å². The highest BCUT2D eigenvalue weighted by Crippen LogP contribution is 2.38. The van der Waals surface area contributed by atoms with Crippen LogP contribution in [0.1, 0.15) is 17.2 Å². The molecule has 0 fully saturated rings. The summed E-state index contributed by atoms with van der Waals surface area (Å²) in [6, 6.07) is 5.44. The first kappa shape index (κ1) is 13.6. The van der Waals surface area contributed by atoms with E-state index in [-0.39, 0.29) is 5.91 Å². The fourth-order valence-electron chi connectivity index (χ4n) is 2.33. The zero-order valence-electron chi connectivity index (χ0n) is 10.9. The van der Waals surface area contributed by atoms with Crippen LogP contribution in [0.3, 0.4) is 0 Å². The van der Waals surface area contributed by atoms with Gasteiger partial charge >= 0.3 is 0 Å². The van der Waals surface area contributed by atoms with Gasteiger partial charge in [-0.15, -0.1) is 0 Å². The van der Waals surface area contributed by atoms with E-state index in [0.29, 0.717) is 0 Å². The Kier molecular flexibility index (Phi) is 3.54. The smallest absolute Gasteiger partial charge is 0.245 e. The summed E-state index contributed by atoms with van der Waals surface area (Å²) >= 11 is 5.26. The minimum Gasteiger partial charge on any atom is -0.369 e. The summed E-state index contributed by atoms with van der Waals surface area (Å²) in [6.07, 6.45) is 0. The van der Waals surface area contributed by atoms with Gasteiger partial charge in [-0.3, -0.25) is 4.79 Å². The number of halogens is 1. The molecule has 0 saturated heterocycles. The summed E-state index contributed by atoms with van der Waals surface area (Å²) in [5, 5.41) is 7.02. The second-order valence-corrected chi connectivity index (χ2v) is 6.48. The third kappa shape index (κ3) is 2.34. The van der Waals surface area contributed by atoms with Crippen LogP contribution >= 0.6 is 27.3 Å². The molecular formula is C14H14BrN3OS. The third-order valence-electron chi connectivity index (χ3n) is 3.41. The molecule has 1 aliphatic rings. The number of rotatable bonds is 3. The quantitative estimate of drug-likeness (QED) is 0.893. The van der Waals surface area contributed by atoms with Gasteiger partial charge in [0.25, 0.3) is 0 Å². The number of benzene rings is 1. The molecule has 1 aromatic carbocycles. The van der Waals surface area contributed by atoms with Gasteiger partial charge in [0, 0.05) is 29.3 Å². The molecule has 0 spiro atoms. The number of anilines is 2. The molecule has 0 saturated carbocycles. The van der Waals surface area contributed by atoms with Crippen LogP contribution in [-0.4, -0.2) is 13.0 Å². The van der Waals surface area contributed by atoms with Crippen molar-refractivity contribution in [2.75, 3.05) is 17.3 Å². The Hall–Kier alpha value is -1.37. The van der Waals surface area contributed by atoms with Crippen molar-refractivity contribution in [1.29, 1.82) is 0 Å². The first-order valence-electron chi connectivity index (χ1n) is 6.18. The summed E-state index contributed by atoms with van der Waals surface area (Å²) in [7, 11) is 2.03. The number of nitrogens with two attached hydrogens (primary N) is 1. The van der Waals surface area contributed by atoms with Gasteiger partial charge in [0.15, 0.2) is 0 Å². The van der Waals surface area contributed by atoms with Crippen LogP contribution in [0.4, 0.5) is 11.4 Å². The molecule has 1 unspecified atom stereocenters. The number of amides is 1. The molecule has 0 radical (unpaired) electrons. The minimum absolute atomic E-state index is 0.149. The summed E-state index contributed by atoms with van der Waals surface area (Å²) in [5.74, 6) is -0.149. The molecule has 1 amide bonds. The van der Waals surface area contributed by atoms with Crippen molar-refractivity contribution in [3.63, 3.8) is 0 Å². The number of hydrogen-bond acceptors (Lipinski definition) is 4. The summed E-state index contributed by atoms with van der Waals surface area (Å²) < 4.78 is 0.945. The van der Waals surface area contributed by atoms with Gasteiger partial charge in [0.05, 0.1) is 5.69 Å². The van der Waals surface area contributed by atoms with E-state index < -0.39 is 6.04 Å². The van der Waals surface area contributed by atoms with E-state index in [1.54, 1.807) is 11.3 Å². The largest absolute Gasteiger partial charge is 0.369 e. The van der Waals surface area contributed by atoms with E-state index in [1.165, 1.54) is 5.56 Å². The van der Waals surface area contributed by atoms with Gasteiger partial charge in [0.1, 0.15) is 6.04 Å². The van der Waals surface area contributed by atoms with Crippen LogP contribution in [0.5, 0.6) is 0 Å². The van der Waals surface area contributed by atoms with E-state index in [2.05, 4.69) is 43.0 Å². The topological polar surface area (TPSA) is 58.4 Å². The Bertz CT molecular complexity index is 657. The number of nitrogens with zero attached hydrogens (tertiary/aromatic N) is 1. The Labute approximate surface area is 129 Å². The normalized spacial score (nSPS) is 16.9. The van der Waals surface area contributed by atoms with Crippen molar-refractivity contribution in [3.8, 4) is 0 Å². The first-order valence-corrected chi connectivity index (χ1v) is 7.92. The number of carbonyl (C=O) groups is 1. The van der Waals surface area contributed by atoms with Gasteiger partial charge in [0.2, 0.25) is 5.91 Å². The first-order chi connectivity index (χ1) is 9.56. The molecule has 6 heteroatoms. The highest BCUT2D eigenvalue weighted by Gasteiger charge is 2.28. The molecule has 2 aromatic rings. The average molecular weight is 352 g/mol. The van der Waals surface area contributed by atoms with E-state index in [1.807, 2.05) is 19.2 Å². The highest BCUT2D eigenvalue weighted by molar-refractivity contribution is 9.10. The molecule has 1 aliphatic heterocycles. The van der Waals surface area contributed by atoms with E-state index in [4.69, 9.17) is 5.73 Å². The van der Waals surface area contributed by atoms with Crippen molar-refractivity contribution in [2.24, 2.45) is 5.73 Å². The van der Waals surface area contributed by atoms with E-state index in [9.17, 15) is 4.79 Å². The van der Waals surface area contributed by atoms with E-state index in [0.717, 1.165) is 28.0 Å². The van der Waals surface area contributed by atoms with Crippen LogP contribution in [0.25, 0.3) is 0 Å². The monoisotopic (exact) mass is 351 g/mol. The van der Waals surface area contributed by atoms with Crippen LogP contribution in [0.2, 0.25) is 0 Å². The molecule has 3 rings (SSSR count). The standard InChI is InChI=1S/C14H14BrN3OS/c1-18(6-8-2-3-20-7-8)12-5-11-9(4-10(12)15)13(16)14(19)17-11/h2-5,7,13H,6,16H2,1H3,(H,17,19). The average Bonchev–Trinajstić information content (AvgIpc) is 3.00. The van der Waals surface area contributed by atoms with Crippen LogP contribution in [0.15, 0.2) is 33.4 Å². The second-order valence-electron chi connectivity index (χ2n) is 4.85. The summed E-state index contributed by atoms with van der Waals surface area (Å²) in [6.45, 7) is 0.820. The zero-order chi connectivity index (χ0) is 14.3. The molecule has 104 valence electrons. The van der Waals surface area contributed by atoms with Crippen LogP contribution in [-0.2, 0) is 11.3 Å². The molecule has 20 heavy (non-hydrogen) atoms. The van der Waals surface area contributed by atoms with Crippen LogP contribution < -0.4 is 16.0 Å². The Balaban J connectivity index is 1.91. The lowest BCUT2D eigenvalue weighted by Gasteiger charge is -2.21. The Morgan fingerprint density at radius 2 is 2.30 bits per heavy atom. The SMILES string of the molecule is CN(Cc1ccsc1)c1cc2c(cc1Br)C(N)C(=O)N2. The number of carbonyl (C=O) groups excluding carboxylic acids is 1. The Morgan fingerprint density at radius 3 is 3.00 bits per heavy atom. The van der Waals surface area contributed by atoms with Crippen molar-refractivity contribution < 1.29 is 4.79 Å². The lowest BCUT2D eigenvalue weighted by atomic mass is 10.1. The maximum Gasteiger partial charge on any atom is 0.245 e. The van der Waals surface area contributed by atoms with Gasteiger partial charge in [-0.2, -0.15) is 11.3 Å². The van der Waals surface area contributed by atoms with Crippen LogP contribution in [0, 0.1) is 0 Å². The minimum atomic E-state index is -0.572. The van der Waals surface area contributed by atoms with Crippen molar-refractivity contribution >= 4 is 44.5 Å². The van der Waals surface area contributed by atoms with Crippen molar-refractivity contribution in [2.45, 2.75) is 12.6 Å². The Morgan fingerprint density at radius 1 is 1.50 bits per heavy atom. The molecule has 4 nitrogen and oxygen atoms in total. The molecular weight excluding hydrogens is 338 g/mol. The lowest BCUT2D eigenvalue weighted by Crippen LogP contribution is -2.19. The molecule has 1 aromatic heterocycles.